The molecule has 1 unspecified atom stereocenters. The third-order valence-electron chi connectivity index (χ3n) is 4.41. The van der Waals surface area contributed by atoms with E-state index >= 15 is 0 Å². The number of nitrogens with zero attached hydrogens (tertiary/aromatic N) is 1. The summed E-state index contributed by atoms with van der Waals surface area (Å²) >= 11 is 0. The second-order valence-corrected chi connectivity index (χ2v) is 5.47. The Hall–Kier alpha value is -0.380. The molecule has 17 heavy (non-hydrogen) atoms. The molecule has 0 aromatic carbocycles. The van der Waals surface area contributed by atoms with E-state index in [0.717, 1.165) is 32.7 Å². The smallest absolute Gasteiger partial charge is 0.157 e. The molecule has 2 aliphatic heterocycles. The number of rotatable bonds is 4. The van der Waals surface area contributed by atoms with Crippen molar-refractivity contribution in [1.29, 1.82) is 0 Å². The summed E-state index contributed by atoms with van der Waals surface area (Å²) in [5, 5.41) is 0. The van der Waals surface area contributed by atoms with Crippen LogP contribution in [0, 0.1) is 0 Å². The van der Waals surface area contributed by atoms with E-state index in [-0.39, 0.29) is 6.29 Å². The minimum absolute atomic E-state index is 0.0663. The fourth-order valence-electron chi connectivity index (χ4n) is 3.16. The van der Waals surface area contributed by atoms with E-state index in [9.17, 15) is 0 Å². The summed E-state index contributed by atoms with van der Waals surface area (Å²) in [6.07, 6.45) is 12.4. The largest absolute Gasteiger partial charge is 0.353 e. The molecule has 0 aromatic rings. The first-order chi connectivity index (χ1) is 8.39. The maximum absolute atomic E-state index is 5.82. The molecule has 3 heteroatoms. The van der Waals surface area contributed by atoms with Crippen molar-refractivity contribution in [3.05, 3.63) is 12.2 Å². The van der Waals surface area contributed by atoms with Crippen LogP contribution in [0.5, 0.6) is 0 Å². The van der Waals surface area contributed by atoms with Crippen molar-refractivity contribution >= 4 is 0 Å². The predicted molar refractivity (Wildman–Crippen MR) is 66.8 cm³/mol. The lowest BCUT2D eigenvalue weighted by Crippen LogP contribution is -2.50. The molecule has 1 saturated heterocycles. The van der Waals surface area contributed by atoms with Gasteiger partial charge in [-0.3, -0.25) is 4.90 Å². The standard InChI is InChI=1S/C14H23NO2/c1-2-11-16-13(5-1)17-12-10-15-9-4-8-14(15)6-3-7-14/h4,8,13H,1-3,5-7,9-12H2. The molecule has 0 radical (unpaired) electrons. The fourth-order valence-corrected chi connectivity index (χ4v) is 3.16. The maximum Gasteiger partial charge on any atom is 0.157 e. The van der Waals surface area contributed by atoms with Crippen LogP contribution in [0.25, 0.3) is 0 Å². The lowest BCUT2D eigenvalue weighted by Gasteiger charge is -2.45. The van der Waals surface area contributed by atoms with Crippen LogP contribution in [0.3, 0.4) is 0 Å². The Balaban J connectivity index is 1.39. The van der Waals surface area contributed by atoms with Gasteiger partial charge in [0, 0.05) is 25.2 Å². The Morgan fingerprint density at radius 3 is 2.94 bits per heavy atom. The molecule has 2 fully saturated rings. The Kier molecular flexibility index (Phi) is 3.50. The third-order valence-corrected chi connectivity index (χ3v) is 4.41. The van der Waals surface area contributed by atoms with Crippen molar-refractivity contribution < 1.29 is 9.47 Å². The van der Waals surface area contributed by atoms with Gasteiger partial charge in [0.25, 0.3) is 0 Å². The fraction of sp³-hybridized carbons (Fsp3) is 0.857. The second kappa shape index (κ2) is 5.09. The van der Waals surface area contributed by atoms with Gasteiger partial charge in [0.05, 0.1) is 6.61 Å². The van der Waals surface area contributed by atoms with E-state index < -0.39 is 0 Å². The molecule has 1 atom stereocenters. The van der Waals surface area contributed by atoms with E-state index in [4.69, 9.17) is 9.47 Å². The van der Waals surface area contributed by atoms with E-state index in [1.165, 1.54) is 32.1 Å². The topological polar surface area (TPSA) is 21.7 Å². The molecule has 0 amide bonds. The molecule has 0 aromatic heterocycles. The van der Waals surface area contributed by atoms with Gasteiger partial charge in [0.15, 0.2) is 6.29 Å². The highest BCUT2D eigenvalue weighted by atomic mass is 16.7. The summed E-state index contributed by atoms with van der Waals surface area (Å²) in [7, 11) is 0. The number of ether oxygens (including phenoxy) is 2. The van der Waals surface area contributed by atoms with Crippen LogP contribution in [0.2, 0.25) is 0 Å². The molecule has 1 aliphatic carbocycles. The van der Waals surface area contributed by atoms with Gasteiger partial charge in [0.2, 0.25) is 0 Å². The van der Waals surface area contributed by atoms with Gasteiger partial charge in [-0.2, -0.15) is 0 Å². The normalized spacial score (nSPS) is 31.9. The molecule has 3 aliphatic rings. The van der Waals surface area contributed by atoms with Crippen molar-refractivity contribution in [3.63, 3.8) is 0 Å². The van der Waals surface area contributed by atoms with Gasteiger partial charge in [-0.25, -0.2) is 0 Å². The van der Waals surface area contributed by atoms with Gasteiger partial charge in [-0.15, -0.1) is 0 Å². The van der Waals surface area contributed by atoms with Crippen LogP contribution in [0.4, 0.5) is 0 Å². The van der Waals surface area contributed by atoms with Crippen molar-refractivity contribution in [2.45, 2.75) is 50.4 Å². The zero-order chi connectivity index (χ0) is 11.6. The van der Waals surface area contributed by atoms with Crippen LogP contribution >= 0.6 is 0 Å². The predicted octanol–water partition coefficient (Wildman–Crippen LogP) is 2.32. The van der Waals surface area contributed by atoms with Gasteiger partial charge < -0.3 is 9.47 Å². The highest BCUT2D eigenvalue weighted by Crippen LogP contribution is 2.41. The van der Waals surface area contributed by atoms with Crippen LogP contribution in [0.15, 0.2) is 12.2 Å². The minimum atomic E-state index is 0.0663. The third kappa shape index (κ3) is 2.42. The molecule has 2 heterocycles. The maximum atomic E-state index is 5.82. The molecule has 96 valence electrons. The zero-order valence-electron chi connectivity index (χ0n) is 10.6. The molecule has 3 nitrogen and oxygen atoms in total. The second-order valence-electron chi connectivity index (χ2n) is 5.47. The number of hydrogen-bond acceptors (Lipinski definition) is 3. The summed E-state index contributed by atoms with van der Waals surface area (Å²) in [5.74, 6) is 0. The molecule has 3 rings (SSSR count). The summed E-state index contributed by atoms with van der Waals surface area (Å²) in [4.78, 5) is 2.57. The number of hydrogen-bond donors (Lipinski definition) is 0. The molecule has 0 N–H and O–H groups in total. The van der Waals surface area contributed by atoms with E-state index in [1.54, 1.807) is 0 Å². The molecule has 1 saturated carbocycles. The molecular formula is C14H23NO2. The van der Waals surface area contributed by atoms with Crippen molar-refractivity contribution in [2.24, 2.45) is 0 Å². The lowest BCUT2D eigenvalue weighted by atomic mass is 9.76. The van der Waals surface area contributed by atoms with Crippen molar-refractivity contribution in [1.82, 2.24) is 4.90 Å². The Morgan fingerprint density at radius 2 is 2.24 bits per heavy atom. The average molecular weight is 237 g/mol. The Bertz CT molecular complexity index is 280. The van der Waals surface area contributed by atoms with E-state index in [0.29, 0.717) is 5.54 Å². The Morgan fingerprint density at radius 1 is 1.29 bits per heavy atom. The monoisotopic (exact) mass is 237 g/mol. The average Bonchev–Trinajstić information content (AvgIpc) is 2.74. The summed E-state index contributed by atoms with van der Waals surface area (Å²) < 4.78 is 11.4. The van der Waals surface area contributed by atoms with E-state index in [2.05, 4.69) is 17.1 Å². The van der Waals surface area contributed by atoms with Gasteiger partial charge in [-0.05, 0) is 38.5 Å². The van der Waals surface area contributed by atoms with Crippen molar-refractivity contribution in [3.8, 4) is 0 Å². The molecule has 1 spiro atoms. The van der Waals surface area contributed by atoms with Crippen LogP contribution < -0.4 is 0 Å². The van der Waals surface area contributed by atoms with Gasteiger partial charge in [-0.1, -0.05) is 12.2 Å². The Labute approximate surface area is 104 Å². The SMILES string of the molecule is C1=CC2(CCC2)N(CCOC2CCCCO2)C1. The minimum Gasteiger partial charge on any atom is -0.353 e. The lowest BCUT2D eigenvalue weighted by molar-refractivity contribution is -0.166. The highest BCUT2D eigenvalue weighted by Gasteiger charge is 2.41. The van der Waals surface area contributed by atoms with E-state index in [1.807, 2.05) is 0 Å². The quantitative estimate of drug-likeness (QED) is 0.700. The highest BCUT2D eigenvalue weighted by molar-refractivity contribution is 5.19. The first kappa shape index (κ1) is 11.7. The summed E-state index contributed by atoms with van der Waals surface area (Å²) in [5.41, 5.74) is 0.413. The first-order valence-electron chi connectivity index (χ1n) is 7.05. The van der Waals surface area contributed by atoms with Gasteiger partial charge in [0.1, 0.15) is 0 Å². The molecule has 0 bridgehead atoms. The van der Waals surface area contributed by atoms with Crippen LogP contribution in [0.1, 0.15) is 38.5 Å². The molecular weight excluding hydrogens is 214 g/mol. The van der Waals surface area contributed by atoms with Crippen LogP contribution in [-0.4, -0.2) is 43.0 Å². The summed E-state index contributed by atoms with van der Waals surface area (Å²) in [6.45, 7) is 3.84. The first-order valence-corrected chi connectivity index (χ1v) is 7.05. The van der Waals surface area contributed by atoms with Crippen LogP contribution in [-0.2, 0) is 9.47 Å². The van der Waals surface area contributed by atoms with Gasteiger partial charge >= 0.3 is 0 Å². The van der Waals surface area contributed by atoms with Crippen molar-refractivity contribution in [2.75, 3.05) is 26.3 Å². The zero-order valence-corrected chi connectivity index (χ0v) is 10.6. The summed E-state index contributed by atoms with van der Waals surface area (Å²) in [6, 6.07) is 0.